The van der Waals surface area contributed by atoms with E-state index in [2.05, 4.69) is 72.1 Å². The normalized spacial score (nSPS) is 13.6. The summed E-state index contributed by atoms with van der Waals surface area (Å²) in [5.41, 5.74) is 0.160. The van der Waals surface area contributed by atoms with Crippen LogP contribution in [0.2, 0.25) is 18.1 Å². The van der Waals surface area contributed by atoms with E-state index < -0.39 is 8.32 Å². The zero-order chi connectivity index (χ0) is 18.9. The third-order valence-corrected chi connectivity index (χ3v) is 9.30. The molecule has 0 saturated carbocycles. The maximum atomic E-state index is 6.61. The minimum Gasteiger partial charge on any atom is -0.403 e. The van der Waals surface area contributed by atoms with Crippen LogP contribution in [0.5, 0.6) is 0 Å². The van der Waals surface area contributed by atoms with Crippen LogP contribution >= 0.6 is 0 Å². The summed E-state index contributed by atoms with van der Waals surface area (Å²) in [4.78, 5) is 0. The van der Waals surface area contributed by atoms with Crippen LogP contribution in [0.3, 0.4) is 0 Å². The second kappa shape index (κ2) is 10.1. The molecule has 0 fully saturated rings. The fraction of sp³-hybridized carbons (Fsp3) is 0.727. The number of rotatable bonds is 9. The first-order valence-corrected chi connectivity index (χ1v) is 12.1. The molecule has 1 unspecified atom stereocenters. The Morgan fingerprint density at radius 3 is 2.21 bits per heavy atom. The Bertz CT molecular complexity index is 477. The molecule has 0 radical (unpaired) electrons. The quantitative estimate of drug-likeness (QED) is 0.199. The highest BCUT2D eigenvalue weighted by molar-refractivity contribution is 6.74. The van der Waals surface area contributed by atoms with Crippen molar-refractivity contribution in [3.8, 4) is 24.2 Å². The van der Waals surface area contributed by atoms with Gasteiger partial charge in [0.25, 0.3) is 0 Å². The highest BCUT2D eigenvalue weighted by atomic mass is 28.4. The van der Waals surface area contributed by atoms with Crippen LogP contribution in [-0.2, 0) is 4.43 Å². The molecule has 2 heteroatoms. The fourth-order valence-corrected chi connectivity index (χ4v) is 3.46. The van der Waals surface area contributed by atoms with E-state index in [4.69, 9.17) is 10.8 Å². The third kappa shape index (κ3) is 9.36. The Morgan fingerprint density at radius 2 is 1.71 bits per heavy atom. The van der Waals surface area contributed by atoms with Gasteiger partial charge >= 0.3 is 0 Å². The Hall–Kier alpha value is -0.963. The molecule has 0 aliphatic heterocycles. The molecule has 0 aromatic rings. The van der Waals surface area contributed by atoms with Gasteiger partial charge in [0.2, 0.25) is 0 Å². The minimum atomic E-state index is -1.83. The molecular weight excluding hydrogens is 308 g/mol. The van der Waals surface area contributed by atoms with Crippen molar-refractivity contribution in [3.05, 3.63) is 12.7 Å². The van der Waals surface area contributed by atoms with Crippen LogP contribution in [0.4, 0.5) is 0 Å². The summed E-state index contributed by atoms with van der Waals surface area (Å²) in [6.45, 7) is 19.9. The SMILES string of the molecule is C#CCCCCC#CC(CC(C)(C)CC=C)O[Si](C)(C)C(C)(C)C. The molecule has 136 valence electrons. The van der Waals surface area contributed by atoms with E-state index in [0.717, 1.165) is 38.5 Å². The average molecular weight is 347 g/mol. The lowest BCUT2D eigenvalue weighted by Gasteiger charge is -2.39. The molecule has 0 N–H and O–H groups in total. The maximum absolute atomic E-state index is 6.61. The number of allylic oxidation sites excluding steroid dienone is 1. The van der Waals surface area contributed by atoms with E-state index in [0.29, 0.717) is 0 Å². The predicted molar refractivity (Wildman–Crippen MR) is 110 cm³/mol. The zero-order valence-corrected chi connectivity index (χ0v) is 18.1. The lowest BCUT2D eigenvalue weighted by Crippen LogP contribution is -2.44. The van der Waals surface area contributed by atoms with Crippen LogP contribution in [0.25, 0.3) is 0 Å². The molecule has 0 bridgehead atoms. The molecule has 0 spiro atoms. The Kier molecular flexibility index (Phi) is 9.72. The Balaban J connectivity index is 5.01. The molecule has 0 rings (SSSR count). The highest BCUT2D eigenvalue weighted by Gasteiger charge is 2.39. The zero-order valence-electron chi connectivity index (χ0n) is 17.1. The van der Waals surface area contributed by atoms with Crippen LogP contribution < -0.4 is 0 Å². The van der Waals surface area contributed by atoms with E-state index >= 15 is 0 Å². The first kappa shape index (κ1) is 23.0. The van der Waals surface area contributed by atoms with Crippen LogP contribution in [0, 0.1) is 29.6 Å². The summed E-state index contributed by atoms with van der Waals surface area (Å²) in [5.74, 6) is 9.44. The summed E-state index contributed by atoms with van der Waals surface area (Å²) < 4.78 is 6.61. The Morgan fingerprint density at radius 1 is 1.12 bits per heavy atom. The highest BCUT2D eigenvalue weighted by Crippen LogP contribution is 2.39. The average Bonchev–Trinajstić information content (AvgIpc) is 2.40. The molecule has 0 saturated heterocycles. The predicted octanol–water partition coefficient (Wildman–Crippen LogP) is 6.57. The first-order chi connectivity index (χ1) is 10.9. The van der Waals surface area contributed by atoms with Gasteiger partial charge in [0, 0.05) is 12.8 Å². The molecule has 0 aromatic heterocycles. The molecule has 0 aliphatic carbocycles. The van der Waals surface area contributed by atoms with E-state index in [9.17, 15) is 0 Å². The van der Waals surface area contributed by atoms with E-state index in [1.165, 1.54) is 0 Å². The topological polar surface area (TPSA) is 9.23 Å². The van der Waals surface area contributed by atoms with Gasteiger partial charge in [0.1, 0.15) is 6.10 Å². The number of hydrogen-bond donors (Lipinski definition) is 0. The molecule has 1 atom stereocenters. The van der Waals surface area contributed by atoms with Gasteiger partial charge < -0.3 is 4.43 Å². The molecule has 1 nitrogen and oxygen atoms in total. The van der Waals surface area contributed by atoms with Crippen molar-refractivity contribution in [2.75, 3.05) is 0 Å². The van der Waals surface area contributed by atoms with Crippen molar-refractivity contribution in [3.63, 3.8) is 0 Å². The summed E-state index contributed by atoms with van der Waals surface area (Å²) in [6, 6.07) is 0. The maximum Gasteiger partial charge on any atom is 0.193 e. The molecule has 0 aliphatic rings. The van der Waals surface area contributed by atoms with Crippen molar-refractivity contribution in [2.24, 2.45) is 5.41 Å². The van der Waals surface area contributed by atoms with Gasteiger partial charge in [-0.15, -0.1) is 24.8 Å². The summed E-state index contributed by atoms with van der Waals surface area (Å²) in [6.07, 6.45) is 13.1. The smallest absolute Gasteiger partial charge is 0.193 e. The van der Waals surface area contributed by atoms with Crippen molar-refractivity contribution in [1.82, 2.24) is 0 Å². The lowest BCUT2D eigenvalue weighted by atomic mass is 9.83. The molecule has 0 aromatic carbocycles. The Labute approximate surface area is 152 Å². The summed E-state index contributed by atoms with van der Waals surface area (Å²) in [7, 11) is -1.83. The van der Waals surface area contributed by atoms with Gasteiger partial charge in [0.15, 0.2) is 8.32 Å². The number of hydrogen-bond acceptors (Lipinski definition) is 1. The van der Waals surface area contributed by atoms with Gasteiger partial charge in [-0.3, -0.25) is 0 Å². The summed E-state index contributed by atoms with van der Waals surface area (Å²) in [5, 5.41) is 0.197. The van der Waals surface area contributed by atoms with Crippen molar-refractivity contribution in [1.29, 1.82) is 0 Å². The number of unbranched alkanes of at least 4 members (excludes halogenated alkanes) is 3. The second-order valence-corrected chi connectivity index (χ2v) is 13.7. The van der Waals surface area contributed by atoms with Crippen LogP contribution in [-0.4, -0.2) is 14.4 Å². The molecule has 0 amide bonds. The molecular formula is C22H38OSi. The molecule has 0 heterocycles. The van der Waals surface area contributed by atoms with E-state index in [1.807, 2.05) is 6.08 Å². The van der Waals surface area contributed by atoms with E-state index in [-0.39, 0.29) is 16.6 Å². The summed E-state index contributed by atoms with van der Waals surface area (Å²) >= 11 is 0. The van der Waals surface area contributed by atoms with Gasteiger partial charge in [-0.05, 0) is 49.2 Å². The van der Waals surface area contributed by atoms with Gasteiger partial charge in [-0.1, -0.05) is 46.6 Å². The largest absolute Gasteiger partial charge is 0.403 e. The monoisotopic (exact) mass is 346 g/mol. The molecule has 24 heavy (non-hydrogen) atoms. The second-order valence-electron chi connectivity index (χ2n) is 8.96. The van der Waals surface area contributed by atoms with Gasteiger partial charge in [-0.2, -0.15) is 0 Å². The standard InChI is InChI=1S/C22H38OSi/c1-10-12-13-14-15-16-17-20(19-22(6,7)18-11-2)23-24(8,9)21(3,4)5/h1,11,20H,2,12-15,18-19H2,3-9H3. The van der Waals surface area contributed by atoms with Crippen molar-refractivity contribution >= 4 is 8.32 Å². The van der Waals surface area contributed by atoms with Crippen LogP contribution in [0.1, 0.15) is 73.1 Å². The lowest BCUT2D eigenvalue weighted by molar-refractivity contribution is 0.166. The van der Waals surface area contributed by atoms with Crippen molar-refractivity contribution in [2.45, 2.75) is 97.4 Å². The first-order valence-electron chi connectivity index (χ1n) is 9.16. The third-order valence-electron chi connectivity index (χ3n) is 4.81. The van der Waals surface area contributed by atoms with Gasteiger partial charge in [-0.25, -0.2) is 0 Å². The number of terminal acetylenes is 1. The minimum absolute atomic E-state index is 0.00785. The van der Waals surface area contributed by atoms with Gasteiger partial charge in [0.05, 0.1) is 0 Å². The van der Waals surface area contributed by atoms with E-state index in [1.54, 1.807) is 0 Å². The fourth-order valence-electron chi connectivity index (χ4n) is 2.26. The van der Waals surface area contributed by atoms with Crippen LogP contribution in [0.15, 0.2) is 12.7 Å². The van der Waals surface area contributed by atoms with Crippen molar-refractivity contribution < 1.29 is 4.43 Å².